The van der Waals surface area contributed by atoms with Gasteiger partial charge in [-0.2, -0.15) is 0 Å². The summed E-state index contributed by atoms with van der Waals surface area (Å²) >= 11 is 0. The number of rotatable bonds is 5. The molecule has 0 N–H and O–H groups in total. The molecular formula is C8H10N2O5. The number of hydrogen-bond donors (Lipinski definition) is 0. The van der Waals surface area contributed by atoms with E-state index in [4.69, 9.17) is 4.42 Å². The molecule has 2 atom stereocenters. The summed E-state index contributed by atoms with van der Waals surface area (Å²) in [5, 5.41) is 20.9. The molecule has 0 saturated carbocycles. The average Bonchev–Trinajstić information content (AvgIpc) is 2.65. The fourth-order valence-corrected chi connectivity index (χ4v) is 1.29. The molecule has 0 unspecified atom stereocenters. The van der Waals surface area contributed by atoms with Crippen molar-refractivity contribution in [3.8, 4) is 0 Å². The zero-order chi connectivity index (χ0) is 11.4. The molecule has 7 heteroatoms. The van der Waals surface area contributed by atoms with E-state index in [2.05, 4.69) is 0 Å². The van der Waals surface area contributed by atoms with Gasteiger partial charge in [-0.05, 0) is 12.1 Å². The summed E-state index contributed by atoms with van der Waals surface area (Å²) < 4.78 is 4.96. The first-order chi connectivity index (χ1) is 7.02. The van der Waals surface area contributed by atoms with Crippen LogP contribution in [0.4, 0.5) is 0 Å². The van der Waals surface area contributed by atoms with Gasteiger partial charge < -0.3 is 4.42 Å². The van der Waals surface area contributed by atoms with Gasteiger partial charge in [-0.3, -0.25) is 20.2 Å². The van der Waals surface area contributed by atoms with Crippen LogP contribution in [0.3, 0.4) is 0 Å². The van der Waals surface area contributed by atoms with E-state index in [1.807, 2.05) is 0 Å². The average molecular weight is 214 g/mol. The van der Waals surface area contributed by atoms with E-state index in [0.717, 1.165) is 0 Å². The summed E-state index contributed by atoms with van der Waals surface area (Å²) in [6, 6.07) is 2.02. The molecule has 1 aromatic rings. The lowest BCUT2D eigenvalue weighted by atomic mass is 9.99. The first kappa shape index (κ1) is 11.2. The topological polar surface area (TPSA) is 99.4 Å². The molecule has 15 heavy (non-hydrogen) atoms. The Morgan fingerprint density at radius 3 is 2.53 bits per heavy atom. The second-order valence-corrected chi connectivity index (χ2v) is 3.16. The van der Waals surface area contributed by atoms with E-state index in [1.165, 1.54) is 19.3 Å². The lowest BCUT2D eigenvalue weighted by molar-refractivity contribution is -0.543. The van der Waals surface area contributed by atoms with E-state index in [9.17, 15) is 20.2 Å². The van der Waals surface area contributed by atoms with Gasteiger partial charge >= 0.3 is 0 Å². The lowest BCUT2D eigenvalue weighted by Gasteiger charge is -2.11. The maximum Gasteiger partial charge on any atom is 0.226 e. The molecular weight excluding hydrogens is 204 g/mol. The Hall–Kier alpha value is -1.92. The second-order valence-electron chi connectivity index (χ2n) is 3.16. The quantitative estimate of drug-likeness (QED) is 0.543. The maximum atomic E-state index is 10.6. The standard InChI is InChI=1S/C8H10N2O5/c1-6(10(13)14)7(5-9(11)12)8-3-2-4-15-8/h2-4,6-7H,5H2,1H3/t6-,7-/m0/s1. The van der Waals surface area contributed by atoms with Gasteiger partial charge in [-0.1, -0.05) is 0 Å². The van der Waals surface area contributed by atoms with E-state index in [-0.39, 0.29) is 5.76 Å². The van der Waals surface area contributed by atoms with Crippen LogP contribution in [-0.4, -0.2) is 22.4 Å². The molecule has 1 rings (SSSR count). The smallest absolute Gasteiger partial charge is 0.226 e. The van der Waals surface area contributed by atoms with Gasteiger partial charge in [0.1, 0.15) is 11.7 Å². The van der Waals surface area contributed by atoms with Crippen molar-refractivity contribution >= 4 is 0 Å². The highest BCUT2D eigenvalue weighted by atomic mass is 16.6. The second kappa shape index (κ2) is 4.54. The third-order valence-corrected chi connectivity index (χ3v) is 2.17. The first-order valence-electron chi connectivity index (χ1n) is 4.31. The number of nitrogens with zero attached hydrogens (tertiary/aromatic N) is 2. The third-order valence-electron chi connectivity index (χ3n) is 2.17. The normalized spacial score (nSPS) is 14.5. The summed E-state index contributed by atoms with van der Waals surface area (Å²) in [6.07, 6.45) is 1.34. The molecule has 1 heterocycles. The minimum absolute atomic E-state index is 0.274. The predicted octanol–water partition coefficient (Wildman–Crippen LogP) is 1.31. The van der Waals surface area contributed by atoms with E-state index in [0.29, 0.717) is 0 Å². The number of hydrogen-bond acceptors (Lipinski definition) is 5. The largest absolute Gasteiger partial charge is 0.469 e. The summed E-state index contributed by atoms with van der Waals surface area (Å²) in [5.41, 5.74) is 0. The zero-order valence-corrected chi connectivity index (χ0v) is 8.03. The maximum absolute atomic E-state index is 10.6. The van der Waals surface area contributed by atoms with Crippen LogP contribution >= 0.6 is 0 Å². The lowest BCUT2D eigenvalue weighted by Crippen LogP contribution is -2.29. The molecule has 0 spiro atoms. The Labute approximate surface area is 85.0 Å². The van der Waals surface area contributed by atoms with Crippen molar-refractivity contribution in [2.75, 3.05) is 6.54 Å². The Kier molecular flexibility index (Phi) is 3.37. The fraction of sp³-hybridized carbons (Fsp3) is 0.500. The Morgan fingerprint density at radius 1 is 1.47 bits per heavy atom. The molecule has 1 aromatic heterocycles. The van der Waals surface area contributed by atoms with Crippen LogP contribution in [-0.2, 0) is 0 Å². The Morgan fingerprint density at radius 2 is 2.13 bits per heavy atom. The third kappa shape index (κ3) is 2.76. The minimum Gasteiger partial charge on any atom is -0.469 e. The van der Waals surface area contributed by atoms with Crippen molar-refractivity contribution in [2.24, 2.45) is 0 Å². The van der Waals surface area contributed by atoms with E-state index < -0.39 is 28.4 Å². The van der Waals surface area contributed by atoms with Crippen molar-refractivity contribution in [2.45, 2.75) is 18.9 Å². The van der Waals surface area contributed by atoms with Crippen molar-refractivity contribution < 1.29 is 14.3 Å². The first-order valence-corrected chi connectivity index (χ1v) is 4.31. The molecule has 0 radical (unpaired) electrons. The fourth-order valence-electron chi connectivity index (χ4n) is 1.29. The van der Waals surface area contributed by atoms with Gasteiger partial charge in [0.15, 0.2) is 0 Å². The molecule has 0 bridgehead atoms. The Bertz CT molecular complexity index is 348. The molecule has 7 nitrogen and oxygen atoms in total. The molecule has 0 saturated heterocycles. The Balaban J connectivity index is 2.88. The molecule has 0 aliphatic carbocycles. The SMILES string of the molecule is C[C@@H]([C@H](C[N+](=O)[O-])c1ccco1)[N+](=O)[O-]. The van der Waals surface area contributed by atoms with Gasteiger partial charge in [-0.15, -0.1) is 0 Å². The molecule has 0 amide bonds. The van der Waals surface area contributed by atoms with Crippen LogP contribution in [0.5, 0.6) is 0 Å². The summed E-state index contributed by atoms with van der Waals surface area (Å²) in [4.78, 5) is 19.8. The highest BCUT2D eigenvalue weighted by Crippen LogP contribution is 2.22. The van der Waals surface area contributed by atoms with Gasteiger partial charge in [0.05, 0.1) is 6.26 Å². The van der Waals surface area contributed by atoms with Crippen molar-refractivity contribution in [3.63, 3.8) is 0 Å². The van der Waals surface area contributed by atoms with Crippen LogP contribution in [0, 0.1) is 20.2 Å². The van der Waals surface area contributed by atoms with Crippen molar-refractivity contribution in [3.05, 3.63) is 44.4 Å². The van der Waals surface area contributed by atoms with Gasteiger partial charge in [0.25, 0.3) is 0 Å². The molecule has 0 aromatic carbocycles. The van der Waals surface area contributed by atoms with Crippen LogP contribution in [0.25, 0.3) is 0 Å². The summed E-state index contributed by atoms with van der Waals surface area (Å²) in [5.74, 6) is -0.555. The van der Waals surface area contributed by atoms with Gasteiger partial charge in [0, 0.05) is 16.8 Å². The van der Waals surface area contributed by atoms with E-state index in [1.54, 1.807) is 6.07 Å². The van der Waals surface area contributed by atoms with E-state index >= 15 is 0 Å². The molecule has 82 valence electrons. The van der Waals surface area contributed by atoms with Crippen LogP contribution in [0.15, 0.2) is 22.8 Å². The summed E-state index contributed by atoms with van der Waals surface area (Å²) in [7, 11) is 0. The molecule has 0 aliphatic rings. The van der Waals surface area contributed by atoms with Gasteiger partial charge in [0.2, 0.25) is 12.6 Å². The molecule has 0 fully saturated rings. The van der Waals surface area contributed by atoms with Crippen LogP contribution in [0.2, 0.25) is 0 Å². The van der Waals surface area contributed by atoms with Crippen molar-refractivity contribution in [1.82, 2.24) is 0 Å². The highest BCUT2D eigenvalue weighted by molar-refractivity contribution is 5.06. The summed E-state index contributed by atoms with van der Waals surface area (Å²) in [6.45, 7) is 0.826. The van der Waals surface area contributed by atoms with Gasteiger partial charge in [-0.25, -0.2) is 0 Å². The zero-order valence-electron chi connectivity index (χ0n) is 8.03. The minimum atomic E-state index is -1.04. The number of nitro groups is 2. The highest BCUT2D eigenvalue weighted by Gasteiger charge is 2.34. The molecule has 0 aliphatic heterocycles. The number of furan rings is 1. The predicted molar refractivity (Wildman–Crippen MR) is 49.8 cm³/mol. The van der Waals surface area contributed by atoms with Crippen LogP contribution in [0.1, 0.15) is 18.6 Å². The van der Waals surface area contributed by atoms with Crippen LogP contribution < -0.4 is 0 Å². The van der Waals surface area contributed by atoms with Crippen molar-refractivity contribution in [1.29, 1.82) is 0 Å². The monoisotopic (exact) mass is 214 g/mol.